The second-order valence-corrected chi connectivity index (χ2v) is 4.41. The molecule has 1 N–H and O–H groups in total. The molecule has 1 fully saturated rings. The van der Waals surface area contributed by atoms with E-state index in [1.165, 1.54) is 4.90 Å². The highest BCUT2D eigenvalue weighted by molar-refractivity contribution is 7.89. The molecule has 74 valence electrons. The van der Waals surface area contributed by atoms with Crippen LogP contribution < -0.4 is 4.72 Å². The van der Waals surface area contributed by atoms with Crippen LogP contribution >= 0.6 is 0 Å². The predicted molar refractivity (Wildman–Crippen MR) is 44.1 cm³/mol. The Morgan fingerprint density at radius 1 is 1.62 bits per heavy atom. The Bertz CT molecular complexity index is 287. The molecule has 1 amide bonds. The van der Waals surface area contributed by atoms with Gasteiger partial charge < -0.3 is 9.64 Å². The molecule has 13 heavy (non-hydrogen) atoms. The van der Waals surface area contributed by atoms with Gasteiger partial charge in [0, 0.05) is 6.54 Å². The van der Waals surface area contributed by atoms with Crippen molar-refractivity contribution in [3.63, 3.8) is 0 Å². The second kappa shape index (κ2) is 3.93. The number of amides is 1. The van der Waals surface area contributed by atoms with E-state index in [2.05, 4.69) is 4.74 Å². The minimum atomic E-state index is -3.45. The van der Waals surface area contributed by atoms with Crippen molar-refractivity contribution in [3.05, 3.63) is 7.05 Å². The van der Waals surface area contributed by atoms with Crippen molar-refractivity contribution in [2.75, 3.05) is 25.4 Å². The quantitative estimate of drug-likeness (QED) is 0.600. The Balaban J connectivity index is 2.38. The first kappa shape index (κ1) is 10.3. The number of hydrogen-bond donors (Lipinski definition) is 1. The average Bonchev–Trinajstić information content (AvgIpc) is 2.48. The molecule has 7 heteroatoms. The number of nitrogens with zero attached hydrogens (tertiary/aromatic N) is 1. The normalized spacial score (nSPS) is 17.6. The Hall–Kier alpha value is -0.820. The largest absolute Gasteiger partial charge is 0.448 e. The van der Waals surface area contributed by atoms with Crippen molar-refractivity contribution in [2.45, 2.75) is 0 Å². The van der Waals surface area contributed by atoms with Crippen LogP contribution in [0.25, 0.3) is 0 Å². The smallest absolute Gasteiger partial charge is 0.409 e. The number of carbonyl (C=O) groups is 1. The number of sulfonamides is 1. The molecule has 0 unspecified atom stereocenters. The fourth-order valence-electron chi connectivity index (χ4n) is 0.918. The van der Waals surface area contributed by atoms with Crippen molar-refractivity contribution in [1.82, 2.24) is 9.62 Å². The molecule has 0 aromatic carbocycles. The van der Waals surface area contributed by atoms with Gasteiger partial charge in [-0.3, -0.25) is 0 Å². The van der Waals surface area contributed by atoms with Gasteiger partial charge in [0.25, 0.3) is 0 Å². The lowest BCUT2D eigenvalue weighted by Crippen LogP contribution is -2.33. The molecule has 0 aromatic rings. The van der Waals surface area contributed by atoms with Crippen molar-refractivity contribution in [1.29, 1.82) is 0 Å². The zero-order valence-electron chi connectivity index (χ0n) is 6.89. The van der Waals surface area contributed by atoms with Gasteiger partial charge in [0.2, 0.25) is 10.0 Å². The molecule has 0 atom stereocenters. The van der Waals surface area contributed by atoms with Crippen LogP contribution in [0.5, 0.6) is 0 Å². The molecule has 0 saturated carbocycles. The highest BCUT2D eigenvalue weighted by Gasteiger charge is 2.23. The Kier molecular flexibility index (Phi) is 3.10. The third-order valence-electron chi connectivity index (χ3n) is 1.65. The standard InChI is InChI=1S/C6H10N2O4S/c1-7-13(10,11)5-3-8-2-4-12-6(8)9/h1,7H,2-5H2. The van der Waals surface area contributed by atoms with Crippen molar-refractivity contribution in [2.24, 2.45) is 0 Å². The summed E-state index contributed by atoms with van der Waals surface area (Å²) in [7, 11) is 1.30. The molecule has 1 saturated heterocycles. The number of carbonyl (C=O) groups excluding carboxylic acids is 1. The van der Waals surface area contributed by atoms with Crippen LogP contribution in [0.1, 0.15) is 0 Å². The van der Waals surface area contributed by atoms with Crippen LogP contribution in [0.15, 0.2) is 0 Å². The Morgan fingerprint density at radius 3 is 2.77 bits per heavy atom. The molecule has 0 bridgehead atoms. The van der Waals surface area contributed by atoms with E-state index in [9.17, 15) is 13.2 Å². The summed E-state index contributed by atoms with van der Waals surface area (Å²) < 4.78 is 28.0. The van der Waals surface area contributed by atoms with Crippen molar-refractivity contribution >= 4 is 16.1 Å². The maximum Gasteiger partial charge on any atom is 0.409 e. The maximum absolute atomic E-state index is 10.8. The monoisotopic (exact) mass is 206 g/mol. The van der Waals surface area contributed by atoms with Crippen molar-refractivity contribution < 1.29 is 17.9 Å². The number of ether oxygens (including phenoxy) is 1. The zero-order chi connectivity index (χ0) is 9.90. The van der Waals surface area contributed by atoms with E-state index in [0.29, 0.717) is 13.2 Å². The minimum Gasteiger partial charge on any atom is -0.448 e. The molecule has 0 spiro atoms. The summed E-state index contributed by atoms with van der Waals surface area (Å²) in [5.74, 6) is -0.210. The van der Waals surface area contributed by atoms with Gasteiger partial charge >= 0.3 is 6.09 Å². The van der Waals surface area contributed by atoms with Gasteiger partial charge in [-0.1, -0.05) is 0 Å². The first-order valence-electron chi connectivity index (χ1n) is 3.67. The Labute approximate surface area is 76.9 Å². The topological polar surface area (TPSA) is 75.7 Å². The molecule has 0 aromatic heterocycles. The predicted octanol–water partition coefficient (Wildman–Crippen LogP) is -0.973. The third-order valence-corrected chi connectivity index (χ3v) is 2.73. The summed E-state index contributed by atoms with van der Waals surface area (Å²) in [6.45, 7) is 0.846. The average molecular weight is 206 g/mol. The summed E-state index contributed by atoms with van der Waals surface area (Å²) in [6.07, 6.45) is -0.479. The van der Waals surface area contributed by atoms with Crippen LogP contribution in [0.2, 0.25) is 0 Å². The van der Waals surface area contributed by atoms with Crippen LogP contribution in [0.4, 0.5) is 4.79 Å². The second-order valence-electron chi connectivity index (χ2n) is 2.54. The van der Waals surface area contributed by atoms with Gasteiger partial charge in [-0.05, 0) is 0 Å². The van der Waals surface area contributed by atoms with Crippen LogP contribution in [0.3, 0.4) is 0 Å². The molecule has 1 rings (SSSR count). The van der Waals surface area contributed by atoms with Crippen LogP contribution in [-0.4, -0.2) is 44.9 Å². The zero-order valence-corrected chi connectivity index (χ0v) is 7.71. The Morgan fingerprint density at radius 2 is 2.31 bits per heavy atom. The van der Waals surface area contributed by atoms with Gasteiger partial charge in [0.05, 0.1) is 19.3 Å². The molecule has 1 aliphatic rings. The molecule has 6 nitrogen and oxygen atoms in total. The summed E-state index contributed by atoms with van der Waals surface area (Å²) in [4.78, 5) is 12.2. The summed E-state index contributed by atoms with van der Waals surface area (Å²) in [6, 6.07) is 0. The first-order chi connectivity index (χ1) is 6.05. The fraction of sp³-hybridized carbons (Fsp3) is 0.667. The number of nitrogens with one attached hydrogen (secondary N) is 1. The lowest BCUT2D eigenvalue weighted by atomic mass is 10.6. The lowest BCUT2D eigenvalue weighted by Gasteiger charge is -2.11. The molecular weight excluding hydrogens is 196 g/mol. The highest BCUT2D eigenvalue weighted by Crippen LogP contribution is 2.02. The van der Waals surface area contributed by atoms with E-state index in [-0.39, 0.29) is 12.3 Å². The minimum absolute atomic E-state index is 0.103. The number of cyclic esters (lactones) is 1. The van der Waals surface area contributed by atoms with Gasteiger partial charge in [-0.25, -0.2) is 17.9 Å². The molecule has 0 aliphatic carbocycles. The van der Waals surface area contributed by atoms with Gasteiger partial charge in [-0.15, -0.1) is 0 Å². The van der Waals surface area contributed by atoms with E-state index in [1.807, 2.05) is 0 Å². The van der Waals surface area contributed by atoms with Gasteiger partial charge in [-0.2, -0.15) is 0 Å². The van der Waals surface area contributed by atoms with E-state index < -0.39 is 16.1 Å². The third kappa shape index (κ3) is 2.85. The molecular formula is C6H10N2O4S. The van der Waals surface area contributed by atoms with Gasteiger partial charge in [0.1, 0.15) is 6.61 Å². The lowest BCUT2D eigenvalue weighted by molar-refractivity contribution is 0.160. The molecule has 2 radical (unpaired) electrons. The molecule has 1 aliphatic heterocycles. The van der Waals surface area contributed by atoms with E-state index >= 15 is 0 Å². The first-order valence-corrected chi connectivity index (χ1v) is 5.32. The molecule has 1 heterocycles. The maximum atomic E-state index is 10.8. The van der Waals surface area contributed by atoms with Crippen LogP contribution in [-0.2, 0) is 14.8 Å². The highest BCUT2D eigenvalue weighted by atomic mass is 32.2. The summed E-state index contributed by atoms with van der Waals surface area (Å²) in [5, 5.41) is 0. The SMILES string of the molecule is [CH]NS(=O)(=O)CCN1CCOC1=O. The summed E-state index contributed by atoms with van der Waals surface area (Å²) >= 11 is 0. The number of rotatable bonds is 4. The number of hydrogen-bond acceptors (Lipinski definition) is 4. The van der Waals surface area contributed by atoms with Gasteiger partial charge in [0.15, 0.2) is 0 Å². The van der Waals surface area contributed by atoms with E-state index in [1.54, 1.807) is 4.72 Å². The van der Waals surface area contributed by atoms with E-state index in [4.69, 9.17) is 7.05 Å². The fourth-order valence-corrected chi connectivity index (χ4v) is 1.50. The van der Waals surface area contributed by atoms with E-state index in [0.717, 1.165) is 0 Å². The van der Waals surface area contributed by atoms with Crippen LogP contribution in [0, 0.1) is 7.05 Å². The van der Waals surface area contributed by atoms with Crippen molar-refractivity contribution in [3.8, 4) is 0 Å². The summed E-state index contributed by atoms with van der Waals surface area (Å²) in [5.41, 5.74) is 0.